The molecule has 5 nitrogen and oxygen atoms in total. The number of aryl methyl sites for hydroxylation is 1. The molecule has 1 aromatic heterocycles. The molecule has 5 heteroatoms. The molecule has 2 bridgehead atoms. The lowest BCUT2D eigenvalue weighted by Crippen LogP contribution is -2.09. The van der Waals surface area contributed by atoms with Gasteiger partial charge in [0.1, 0.15) is 0 Å². The van der Waals surface area contributed by atoms with E-state index in [-0.39, 0.29) is 0 Å². The van der Waals surface area contributed by atoms with Crippen molar-refractivity contribution in [3.05, 3.63) is 23.8 Å². The number of rotatable bonds is 2. The summed E-state index contributed by atoms with van der Waals surface area (Å²) >= 11 is 0. The minimum Gasteiger partial charge on any atom is -0.399 e. The molecule has 3 aliphatic rings. The molecule has 1 aromatic carbocycles. The highest BCUT2D eigenvalue weighted by Gasteiger charge is 2.66. The SMILES string of the molecule is Cc1ccc(N)cc1-c1nnnn1C1C2C3CCC(C3)C21. The summed E-state index contributed by atoms with van der Waals surface area (Å²) in [5.74, 6) is 4.38. The largest absolute Gasteiger partial charge is 0.399 e. The number of aromatic nitrogens is 4. The van der Waals surface area contributed by atoms with Crippen LogP contribution in [0.2, 0.25) is 0 Å². The van der Waals surface area contributed by atoms with Crippen molar-refractivity contribution in [1.29, 1.82) is 0 Å². The number of anilines is 1. The van der Waals surface area contributed by atoms with Gasteiger partial charge in [-0.2, -0.15) is 0 Å². The predicted octanol–water partition coefficient (Wildman–Crippen LogP) is 2.45. The fourth-order valence-corrected chi connectivity index (χ4v) is 5.06. The molecule has 108 valence electrons. The van der Waals surface area contributed by atoms with E-state index >= 15 is 0 Å². The zero-order valence-corrected chi connectivity index (χ0v) is 12.1. The van der Waals surface area contributed by atoms with Gasteiger partial charge in [-0.25, -0.2) is 4.68 Å². The third-order valence-corrected chi connectivity index (χ3v) is 5.97. The lowest BCUT2D eigenvalue weighted by atomic mass is 10.0. The Labute approximate surface area is 123 Å². The lowest BCUT2D eigenvalue weighted by Gasteiger charge is -2.11. The minimum absolute atomic E-state index is 0.530. The summed E-state index contributed by atoms with van der Waals surface area (Å²) in [6.07, 6.45) is 4.27. The maximum atomic E-state index is 5.94. The molecule has 3 aliphatic carbocycles. The zero-order valence-electron chi connectivity index (χ0n) is 12.1. The molecule has 0 amide bonds. The number of nitrogens with two attached hydrogens (primary N) is 1. The van der Waals surface area contributed by atoms with Crippen molar-refractivity contribution in [2.45, 2.75) is 32.2 Å². The Kier molecular flexibility index (Phi) is 2.14. The van der Waals surface area contributed by atoms with E-state index in [9.17, 15) is 0 Å². The van der Waals surface area contributed by atoms with Gasteiger partial charge in [0.05, 0.1) is 6.04 Å². The van der Waals surface area contributed by atoms with Crippen LogP contribution in [0.5, 0.6) is 0 Å². The topological polar surface area (TPSA) is 69.6 Å². The Hall–Kier alpha value is -1.91. The molecule has 21 heavy (non-hydrogen) atoms. The van der Waals surface area contributed by atoms with Crippen molar-refractivity contribution in [1.82, 2.24) is 20.2 Å². The van der Waals surface area contributed by atoms with Crippen molar-refractivity contribution >= 4 is 5.69 Å². The fourth-order valence-electron chi connectivity index (χ4n) is 5.06. The van der Waals surface area contributed by atoms with Crippen LogP contribution in [-0.4, -0.2) is 20.2 Å². The van der Waals surface area contributed by atoms with Gasteiger partial charge in [0, 0.05) is 11.3 Å². The van der Waals surface area contributed by atoms with Gasteiger partial charge >= 0.3 is 0 Å². The number of hydrogen-bond donors (Lipinski definition) is 1. The summed E-state index contributed by atoms with van der Waals surface area (Å²) in [7, 11) is 0. The molecule has 4 unspecified atom stereocenters. The van der Waals surface area contributed by atoms with Crippen LogP contribution in [0.25, 0.3) is 11.4 Å². The summed E-state index contributed by atoms with van der Waals surface area (Å²) < 4.78 is 2.08. The van der Waals surface area contributed by atoms with Gasteiger partial charge in [-0.3, -0.25) is 0 Å². The van der Waals surface area contributed by atoms with Crippen LogP contribution < -0.4 is 5.73 Å². The molecule has 2 aromatic rings. The van der Waals surface area contributed by atoms with E-state index in [1.165, 1.54) is 24.8 Å². The first kappa shape index (κ1) is 11.7. The Bertz CT molecular complexity index is 705. The van der Waals surface area contributed by atoms with Crippen LogP contribution in [0.15, 0.2) is 18.2 Å². The summed E-state index contributed by atoms with van der Waals surface area (Å²) in [6.45, 7) is 2.09. The van der Waals surface area contributed by atoms with Crippen molar-refractivity contribution in [2.24, 2.45) is 23.7 Å². The monoisotopic (exact) mass is 281 g/mol. The third kappa shape index (κ3) is 1.49. The van der Waals surface area contributed by atoms with Crippen LogP contribution in [-0.2, 0) is 0 Å². The molecule has 0 saturated heterocycles. The van der Waals surface area contributed by atoms with E-state index in [0.717, 1.165) is 40.7 Å². The maximum Gasteiger partial charge on any atom is 0.182 e. The van der Waals surface area contributed by atoms with Crippen molar-refractivity contribution in [3.8, 4) is 11.4 Å². The van der Waals surface area contributed by atoms with Gasteiger partial charge in [0.25, 0.3) is 0 Å². The van der Waals surface area contributed by atoms with Crippen LogP contribution >= 0.6 is 0 Å². The molecular formula is C16H19N5. The highest BCUT2D eigenvalue weighted by Crippen LogP contribution is 2.71. The van der Waals surface area contributed by atoms with Gasteiger partial charge in [-0.15, -0.1) is 5.10 Å². The highest BCUT2D eigenvalue weighted by molar-refractivity contribution is 5.65. The zero-order chi connectivity index (χ0) is 14.1. The van der Waals surface area contributed by atoms with E-state index < -0.39 is 0 Å². The summed E-state index contributed by atoms with van der Waals surface area (Å²) in [6, 6.07) is 6.49. The standard InChI is InChI=1S/C16H19N5/c1-8-2-5-11(17)7-12(8)16-18-19-20-21(16)15-13-9-3-4-10(6-9)14(13)15/h2,5,7,9-10,13-15H,3-4,6,17H2,1H3. The van der Waals surface area contributed by atoms with Crippen LogP contribution in [0, 0.1) is 30.6 Å². The molecular weight excluding hydrogens is 262 g/mol. The quantitative estimate of drug-likeness (QED) is 0.858. The average Bonchev–Trinajstić information content (AvgIpc) is 2.90. The second-order valence-electron chi connectivity index (χ2n) is 7.00. The molecule has 5 rings (SSSR count). The molecule has 1 heterocycles. The smallest absolute Gasteiger partial charge is 0.182 e. The van der Waals surface area contributed by atoms with Crippen molar-refractivity contribution < 1.29 is 0 Å². The van der Waals surface area contributed by atoms with Gasteiger partial charge in [0.15, 0.2) is 5.82 Å². The number of fused-ring (bicyclic) bond motifs is 5. The van der Waals surface area contributed by atoms with Crippen molar-refractivity contribution in [2.75, 3.05) is 5.73 Å². The fraction of sp³-hybridized carbons (Fsp3) is 0.562. The molecule has 3 saturated carbocycles. The second-order valence-corrected chi connectivity index (χ2v) is 7.00. The van der Waals surface area contributed by atoms with Crippen LogP contribution in [0.4, 0.5) is 5.69 Å². The lowest BCUT2D eigenvalue weighted by molar-refractivity contribution is 0.427. The molecule has 0 spiro atoms. The highest BCUT2D eigenvalue weighted by atomic mass is 15.6. The van der Waals surface area contributed by atoms with Crippen LogP contribution in [0.1, 0.15) is 30.9 Å². The first-order chi connectivity index (χ1) is 10.2. The maximum absolute atomic E-state index is 5.94. The number of nitrogens with zero attached hydrogens (tertiary/aromatic N) is 4. The van der Waals surface area contributed by atoms with E-state index in [1.807, 2.05) is 18.2 Å². The van der Waals surface area contributed by atoms with Gasteiger partial charge in [-0.1, -0.05) is 6.07 Å². The van der Waals surface area contributed by atoms with Crippen molar-refractivity contribution in [3.63, 3.8) is 0 Å². The average molecular weight is 281 g/mol. The Morgan fingerprint density at radius 2 is 1.95 bits per heavy atom. The molecule has 4 atom stereocenters. The second kappa shape index (κ2) is 3.84. The third-order valence-electron chi connectivity index (χ3n) is 5.97. The van der Waals surface area contributed by atoms with E-state index in [1.54, 1.807) is 0 Å². The number of benzene rings is 1. The first-order valence-corrected chi connectivity index (χ1v) is 7.88. The van der Waals surface area contributed by atoms with Gasteiger partial charge in [-0.05, 0) is 78.0 Å². The van der Waals surface area contributed by atoms with E-state index in [0.29, 0.717) is 6.04 Å². The summed E-state index contributed by atoms with van der Waals surface area (Å²) in [5.41, 5.74) is 8.95. The summed E-state index contributed by atoms with van der Waals surface area (Å²) in [5, 5.41) is 12.6. The molecule has 2 N–H and O–H groups in total. The molecule has 3 fully saturated rings. The first-order valence-electron chi connectivity index (χ1n) is 7.88. The number of hydrogen-bond acceptors (Lipinski definition) is 4. The molecule has 0 aliphatic heterocycles. The Morgan fingerprint density at radius 3 is 2.71 bits per heavy atom. The Morgan fingerprint density at radius 1 is 1.19 bits per heavy atom. The van der Waals surface area contributed by atoms with Crippen LogP contribution in [0.3, 0.4) is 0 Å². The predicted molar refractivity (Wildman–Crippen MR) is 79.3 cm³/mol. The van der Waals surface area contributed by atoms with Gasteiger partial charge < -0.3 is 5.73 Å². The number of nitrogen functional groups attached to an aromatic ring is 1. The Balaban J connectivity index is 1.56. The molecule has 0 radical (unpaired) electrons. The van der Waals surface area contributed by atoms with Gasteiger partial charge in [0.2, 0.25) is 0 Å². The van der Waals surface area contributed by atoms with E-state index in [4.69, 9.17) is 5.73 Å². The summed E-state index contributed by atoms with van der Waals surface area (Å²) in [4.78, 5) is 0. The normalized spacial score (nSPS) is 36.0. The number of tetrazole rings is 1. The van der Waals surface area contributed by atoms with E-state index in [2.05, 4.69) is 27.1 Å². The minimum atomic E-state index is 0.530.